The maximum Gasteiger partial charge on any atom is 0.235 e. The molecule has 0 atom stereocenters. The zero-order chi connectivity index (χ0) is 8.97. The van der Waals surface area contributed by atoms with E-state index in [2.05, 4.69) is 26.2 Å². The van der Waals surface area contributed by atoms with Crippen molar-refractivity contribution in [3.8, 4) is 0 Å². The monoisotopic (exact) mass is 268 g/mol. The van der Waals surface area contributed by atoms with Gasteiger partial charge in [-0.3, -0.25) is 4.79 Å². The Bertz CT molecular complexity index is 278. The Labute approximate surface area is 87.3 Å². The fraction of sp³-hybridized carbons (Fsp3) is 0.333. The van der Waals surface area contributed by atoms with Crippen molar-refractivity contribution in [2.45, 2.75) is 6.54 Å². The van der Waals surface area contributed by atoms with Gasteiger partial charge in [0.25, 0.3) is 0 Å². The summed E-state index contributed by atoms with van der Waals surface area (Å²) in [5.74, 6) is -0.185. The molecule has 0 fully saturated rings. The highest BCUT2D eigenvalue weighted by atomic mass is 79.9. The third-order valence-electron chi connectivity index (χ3n) is 1.08. The van der Waals surface area contributed by atoms with E-state index in [0.717, 1.165) is 8.79 Å². The van der Waals surface area contributed by atoms with Gasteiger partial charge in [0.2, 0.25) is 5.91 Å². The number of carbonyl (C=O) groups is 1. The highest BCUT2D eigenvalue weighted by molar-refractivity contribution is 9.11. The molecule has 3 nitrogen and oxygen atoms in total. The number of nitrogens with one attached hydrogen (secondary N) is 1. The summed E-state index contributed by atoms with van der Waals surface area (Å²) in [5.41, 5.74) is 0. The molecule has 1 heterocycles. The number of hydrogen-bond donors (Lipinski definition) is 1. The van der Waals surface area contributed by atoms with Crippen LogP contribution in [0.15, 0.2) is 9.98 Å². The van der Waals surface area contributed by atoms with E-state index in [4.69, 9.17) is 11.6 Å². The van der Waals surface area contributed by atoms with Crippen molar-refractivity contribution in [1.29, 1.82) is 0 Å². The molecular weight excluding hydrogens is 264 g/mol. The average molecular weight is 270 g/mol. The Kier molecular flexibility index (Phi) is 3.97. The van der Waals surface area contributed by atoms with Crippen molar-refractivity contribution in [2.75, 3.05) is 5.88 Å². The summed E-state index contributed by atoms with van der Waals surface area (Å²) in [4.78, 5) is 14.7. The van der Waals surface area contributed by atoms with Crippen LogP contribution in [-0.2, 0) is 11.3 Å². The van der Waals surface area contributed by atoms with Crippen LogP contribution in [-0.4, -0.2) is 16.8 Å². The molecule has 0 unspecified atom stereocenters. The second kappa shape index (κ2) is 4.79. The summed E-state index contributed by atoms with van der Waals surface area (Å²) in [6.07, 6.45) is 1.70. The Morgan fingerprint density at radius 3 is 3.08 bits per heavy atom. The average Bonchev–Trinajstić information content (AvgIpc) is 2.47. The molecule has 0 bridgehead atoms. The van der Waals surface area contributed by atoms with Gasteiger partial charge < -0.3 is 5.32 Å². The number of aromatic nitrogens is 1. The first-order valence-electron chi connectivity index (χ1n) is 3.15. The maximum atomic E-state index is 10.7. The van der Waals surface area contributed by atoms with Crippen LogP contribution in [0.4, 0.5) is 0 Å². The molecule has 1 rings (SSSR count). The zero-order valence-electron chi connectivity index (χ0n) is 6.01. The number of amides is 1. The van der Waals surface area contributed by atoms with Crippen LogP contribution < -0.4 is 5.32 Å². The van der Waals surface area contributed by atoms with Crippen LogP contribution in [0.1, 0.15) is 5.01 Å². The number of hydrogen-bond acceptors (Lipinski definition) is 3. The van der Waals surface area contributed by atoms with E-state index in [1.807, 2.05) is 0 Å². The van der Waals surface area contributed by atoms with E-state index in [9.17, 15) is 4.79 Å². The smallest absolute Gasteiger partial charge is 0.235 e. The van der Waals surface area contributed by atoms with Gasteiger partial charge in [0.15, 0.2) is 0 Å². The second-order valence-electron chi connectivity index (χ2n) is 1.97. The van der Waals surface area contributed by atoms with Crippen molar-refractivity contribution >= 4 is 44.8 Å². The minimum absolute atomic E-state index is 0.00740. The Morgan fingerprint density at radius 2 is 2.58 bits per heavy atom. The van der Waals surface area contributed by atoms with Crippen molar-refractivity contribution in [1.82, 2.24) is 10.3 Å². The minimum atomic E-state index is -0.178. The van der Waals surface area contributed by atoms with Crippen LogP contribution in [0.25, 0.3) is 0 Å². The number of halogens is 2. The van der Waals surface area contributed by atoms with Gasteiger partial charge in [-0.15, -0.1) is 22.9 Å². The highest BCUT2D eigenvalue weighted by Crippen LogP contribution is 2.18. The maximum absolute atomic E-state index is 10.7. The van der Waals surface area contributed by atoms with Gasteiger partial charge in [0.1, 0.15) is 10.9 Å². The number of alkyl halides is 1. The number of carbonyl (C=O) groups excluding carboxylic acids is 1. The predicted molar refractivity (Wildman–Crippen MR) is 52.4 cm³/mol. The minimum Gasteiger partial charge on any atom is -0.349 e. The molecule has 0 radical (unpaired) electrons. The van der Waals surface area contributed by atoms with Gasteiger partial charge in [0, 0.05) is 0 Å². The quantitative estimate of drug-likeness (QED) is 0.850. The molecule has 0 saturated heterocycles. The molecular formula is C6H6BrClN2OS. The summed E-state index contributed by atoms with van der Waals surface area (Å²) in [6.45, 7) is 0.446. The standard InChI is InChI=1S/C6H6BrClN2OS/c7-4-2-10-6(12-4)3-9-5(11)1-8/h2H,1,3H2,(H,9,11). The van der Waals surface area contributed by atoms with Crippen molar-refractivity contribution < 1.29 is 4.79 Å². The molecule has 0 spiro atoms. The van der Waals surface area contributed by atoms with Gasteiger partial charge in [-0.1, -0.05) is 0 Å². The largest absolute Gasteiger partial charge is 0.349 e. The summed E-state index contributed by atoms with van der Waals surface area (Å²) in [5, 5.41) is 3.48. The van der Waals surface area contributed by atoms with Crippen LogP contribution >= 0.6 is 38.9 Å². The van der Waals surface area contributed by atoms with E-state index in [-0.39, 0.29) is 11.8 Å². The summed E-state index contributed by atoms with van der Waals surface area (Å²) in [7, 11) is 0. The van der Waals surface area contributed by atoms with E-state index in [1.54, 1.807) is 6.20 Å². The lowest BCUT2D eigenvalue weighted by Crippen LogP contribution is -2.23. The fourth-order valence-electron chi connectivity index (χ4n) is 0.591. The van der Waals surface area contributed by atoms with E-state index < -0.39 is 0 Å². The van der Waals surface area contributed by atoms with Gasteiger partial charge in [-0.25, -0.2) is 4.98 Å². The first-order valence-corrected chi connectivity index (χ1v) is 5.29. The molecule has 12 heavy (non-hydrogen) atoms. The zero-order valence-corrected chi connectivity index (χ0v) is 9.17. The number of rotatable bonds is 3. The molecule has 1 N–H and O–H groups in total. The normalized spacial score (nSPS) is 9.83. The molecule has 1 aromatic heterocycles. The first kappa shape index (κ1) is 9.95. The van der Waals surface area contributed by atoms with Gasteiger partial charge in [0.05, 0.1) is 16.5 Å². The molecule has 0 aromatic carbocycles. The molecule has 1 amide bonds. The third-order valence-corrected chi connectivity index (χ3v) is 2.80. The lowest BCUT2D eigenvalue weighted by Gasteiger charge is -1.97. The van der Waals surface area contributed by atoms with Crippen LogP contribution in [0.3, 0.4) is 0 Å². The third kappa shape index (κ3) is 3.08. The molecule has 0 aliphatic heterocycles. The molecule has 0 aliphatic carbocycles. The Balaban J connectivity index is 2.38. The molecule has 1 aromatic rings. The Hall–Kier alpha value is -0.130. The molecule has 66 valence electrons. The number of nitrogens with zero attached hydrogens (tertiary/aromatic N) is 1. The lowest BCUT2D eigenvalue weighted by molar-refractivity contribution is -0.118. The SMILES string of the molecule is O=C(CCl)NCc1ncc(Br)s1. The number of thiazole rings is 1. The van der Waals surface area contributed by atoms with Crippen molar-refractivity contribution in [2.24, 2.45) is 0 Å². The van der Waals surface area contributed by atoms with Crippen LogP contribution in [0, 0.1) is 0 Å². The van der Waals surface area contributed by atoms with E-state index >= 15 is 0 Å². The van der Waals surface area contributed by atoms with Crippen molar-refractivity contribution in [3.63, 3.8) is 0 Å². The summed E-state index contributed by atoms with van der Waals surface area (Å²) in [6, 6.07) is 0. The first-order chi connectivity index (χ1) is 5.72. The van der Waals surface area contributed by atoms with Crippen LogP contribution in [0.2, 0.25) is 0 Å². The van der Waals surface area contributed by atoms with Gasteiger partial charge >= 0.3 is 0 Å². The van der Waals surface area contributed by atoms with Crippen molar-refractivity contribution in [3.05, 3.63) is 15.0 Å². The second-order valence-corrected chi connectivity index (χ2v) is 4.73. The Morgan fingerprint density at radius 1 is 1.83 bits per heavy atom. The molecule has 6 heteroatoms. The lowest BCUT2D eigenvalue weighted by atomic mass is 10.6. The van der Waals surface area contributed by atoms with E-state index in [0.29, 0.717) is 6.54 Å². The summed E-state index contributed by atoms with van der Waals surface area (Å²) < 4.78 is 0.956. The predicted octanol–water partition coefficient (Wildman–Crippen LogP) is 1.76. The highest BCUT2D eigenvalue weighted by Gasteiger charge is 2.01. The fourth-order valence-corrected chi connectivity index (χ4v) is 1.93. The molecule has 0 aliphatic rings. The van der Waals surface area contributed by atoms with Gasteiger partial charge in [-0.05, 0) is 15.9 Å². The summed E-state index contributed by atoms with van der Waals surface area (Å²) >= 11 is 10.0. The van der Waals surface area contributed by atoms with Gasteiger partial charge in [-0.2, -0.15) is 0 Å². The topological polar surface area (TPSA) is 42.0 Å². The van der Waals surface area contributed by atoms with E-state index in [1.165, 1.54) is 11.3 Å². The molecule has 0 saturated carbocycles. The van der Waals surface area contributed by atoms with Crippen LogP contribution in [0.5, 0.6) is 0 Å².